The Bertz CT molecular complexity index is 558. The SMILES string of the molecule is COc1ccc2[nH]cc(C(C)N3CCNCC3)c2c1. The van der Waals surface area contributed by atoms with Crippen LogP contribution < -0.4 is 10.1 Å². The zero-order valence-electron chi connectivity index (χ0n) is 11.6. The molecule has 4 heteroatoms. The summed E-state index contributed by atoms with van der Waals surface area (Å²) in [6, 6.07) is 6.64. The number of piperazine rings is 1. The van der Waals surface area contributed by atoms with Crippen LogP contribution in [0.5, 0.6) is 5.75 Å². The van der Waals surface area contributed by atoms with E-state index in [9.17, 15) is 0 Å². The first-order valence-corrected chi connectivity index (χ1v) is 6.89. The van der Waals surface area contributed by atoms with E-state index in [-0.39, 0.29) is 0 Å². The van der Waals surface area contributed by atoms with Crippen molar-refractivity contribution in [2.24, 2.45) is 0 Å². The molecule has 0 bridgehead atoms. The molecule has 4 nitrogen and oxygen atoms in total. The van der Waals surface area contributed by atoms with Gasteiger partial charge in [-0.25, -0.2) is 0 Å². The topological polar surface area (TPSA) is 40.3 Å². The molecule has 3 rings (SSSR count). The second-order valence-electron chi connectivity index (χ2n) is 5.12. The number of nitrogens with zero attached hydrogens (tertiary/aromatic N) is 1. The zero-order valence-corrected chi connectivity index (χ0v) is 11.6. The predicted molar refractivity (Wildman–Crippen MR) is 77.7 cm³/mol. The number of ether oxygens (including phenoxy) is 1. The number of H-pyrrole nitrogens is 1. The van der Waals surface area contributed by atoms with Crippen LogP contribution >= 0.6 is 0 Å². The maximum absolute atomic E-state index is 5.33. The summed E-state index contributed by atoms with van der Waals surface area (Å²) in [4.78, 5) is 5.89. The number of methoxy groups -OCH3 is 1. The van der Waals surface area contributed by atoms with Gasteiger partial charge in [0.05, 0.1) is 7.11 Å². The average Bonchev–Trinajstić information content (AvgIpc) is 2.90. The minimum atomic E-state index is 0.433. The molecule has 0 amide bonds. The van der Waals surface area contributed by atoms with Crippen molar-refractivity contribution in [1.82, 2.24) is 15.2 Å². The Hall–Kier alpha value is -1.52. The van der Waals surface area contributed by atoms with Crippen LogP contribution in [-0.4, -0.2) is 43.2 Å². The number of hydrogen-bond acceptors (Lipinski definition) is 3. The number of fused-ring (bicyclic) bond motifs is 1. The van der Waals surface area contributed by atoms with Gasteiger partial charge in [-0.05, 0) is 30.7 Å². The normalized spacial score (nSPS) is 18.6. The van der Waals surface area contributed by atoms with E-state index in [2.05, 4.69) is 40.5 Å². The van der Waals surface area contributed by atoms with Crippen molar-refractivity contribution in [3.63, 3.8) is 0 Å². The molecule has 0 saturated carbocycles. The molecule has 0 radical (unpaired) electrons. The third-order valence-electron chi connectivity index (χ3n) is 4.07. The molecule has 0 spiro atoms. The van der Waals surface area contributed by atoms with E-state index < -0.39 is 0 Å². The molecule has 1 saturated heterocycles. The first-order valence-electron chi connectivity index (χ1n) is 6.89. The fourth-order valence-corrected chi connectivity index (χ4v) is 2.86. The smallest absolute Gasteiger partial charge is 0.119 e. The van der Waals surface area contributed by atoms with Gasteiger partial charge in [0.2, 0.25) is 0 Å². The summed E-state index contributed by atoms with van der Waals surface area (Å²) >= 11 is 0. The number of hydrogen-bond donors (Lipinski definition) is 2. The predicted octanol–water partition coefficient (Wildman–Crippen LogP) is 2.14. The van der Waals surface area contributed by atoms with Crippen LogP contribution in [0.25, 0.3) is 10.9 Å². The van der Waals surface area contributed by atoms with E-state index in [1.807, 2.05) is 6.07 Å². The Labute approximate surface area is 113 Å². The van der Waals surface area contributed by atoms with Crippen molar-refractivity contribution in [2.45, 2.75) is 13.0 Å². The monoisotopic (exact) mass is 259 g/mol. The first-order chi connectivity index (χ1) is 9.29. The second-order valence-corrected chi connectivity index (χ2v) is 5.12. The molecular formula is C15H21N3O. The maximum Gasteiger partial charge on any atom is 0.119 e. The lowest BCUT2D eigenvalue weighted by atomic mass is 10.0. The highest BCUT2D eigenvalue weighted by Gasteiger charge is 2.20. The standard InChI is InChI=1S/C15H21N3O/c1-11(18-7-5-16-6-8-18)14-10-17-15-4-3-12(19-2)9-13(14)15/h3-4,9-11,16-17H,5-8H2,1-2H3. The fourth-order valence-electron chi connectivity index (χ4n) is 2.86. The van der Waals surface area contributed by atoms with E-state index in [0.29, 0.717) is 6.04 Å². The van der Waals surface area contributed by atoms with Gasteiger partial charge in [0.25, 0.3) is 0 Å². The number of aromatic amines is 1. The molecule has 0 aliphatic carbocycles. The molecule has 1 aromatic heterocycles. The average molecular weight is 259 g/mol. The van der Waals surface area contributed by atoms with Crippen LogP contribution in [0.15, 0.2) is 24.4 Å². The van der Waals surface area contributed by atoms with Crippen LogP contribution in [-0.2, 0) is 0 Å². The summed E-state index contributed by atoms with van der Waals surface area (Å²) in [7, 11) is 1.72. The van der Waals surface area contributed by atoms with Gasteiger partial charge >= 0.3 is 0 Å². The number of nitrogens with one attached hydrogen (secondary N) is 2. The highest BCUT2D eigenvalue weighted by atomic mass is 16.5. The van der Waals surface area contributed by atoms with Crippen molar-refractivity contribution < 1.29 is 4.74 Å². The molecule has 1 atom stereocenters. The van der Waals surface area contributed by atoms with Gasteiger partial charge in [0.1, 0.15) is 5.75 Å². The summed E-state index contributed by atoms with van der Waals surface area (Å²) in [5.74, 6) is 0.917. The first kappa shape index (κ1) is 12.5. The molecule has 2 aromatic rings. The highest BCUT2D eigenvalue weighted by Crippen LogP contribution is 2.30. The molecule has 2 N–H and O–H groups in total. The van der Waals surface area contributed by atoms with E-state index >= 15 is 0 Å². The Morgan fingerprint density at radius 2 is 2.05 bits per heavy atom. The van der Waals surface area contributed by atoms with E-state index in [1.165, 1.54) is 16.5 Å². The van der Waals surface area contributed by atoms with Crippen molar-refractivity contribution >= 4 is 10.9 Å². The molecule has 1 fully saturated rings. The third kappa shape index (κ3) is 2.33. The number of benzene rings is 1. The van der Waals surface area contributed by atoms with Gasteiger partial charge < -0.3 is 15.0 Å². The van der Waals surface area contributed by atoms with Gasteiger partial charge in [-0.3, -0.25) is 4.90 Å². The van der Waals surface area contributed by atoms with Gasteiger partial charge in [-0.15, -0.1) is 0 Å². The third-order valence-corrected chi connectivity index (χ3v) is 4.07. The largest absolute Gasteiger partial charge is 0.497 e. The van der Waals surface area contributed by atoms with Crippen molar-refractivity contribution in [3.8, 4) is 5.75 Å². The van der Waals surface area contributed by atoms with Gasteiger partial charge in [0, 0.05) is 49.3 Å². The van der Waals surface area contributed by atoms with Crippen molar-refractivity contribution in [2.75, 3.05) is 33.3 Å². The van der Waals surface area contributed by atoms with Crippen LogP contribution in [0.3, 0.4) is 0 Å². The summed E-state index contributed by atoms with van der Waals surface area (Å²) in [6.45, 7) is 6.66. The molecule has 1 aliphatic rings. The fraction of sp³-hybridized carbons (Fsp3) is 0.467. The molecule has 102 valence electrons. The molecule has 19 heavy (non-hydrogen) atoms. The zero-order chi connectivity index (χ0) is 13.2. The minimum Gasteiger partial charge on any atom is -0.497 e. The summed E-state index contributed by atoms with van der Waals surface area (Å²) in [6.07, 6.45) is 2.14. The Morgan fingerprint density at radius 3 is 2.79 bits per heavy atom. The van der Waals surface area contributed by atoms with Crippen LogP contribution in [0.4, 0.5) is 0 Å². The van der Waals surface area contributed by atoms with Crippen LogP contribution in [0.1, 0.15) is 18.5 Å². The quantitative estimate of drug-likeness (QED) is 0.887. The lowest BCUT2D eigenvalue weighted by Gasteiger charge is -2.32. The van der Waals surface area contributed by atoms with Crippen molar-refractivity contribution in [3.05, 3.63) is 30.0 Å². The second kappa shape index (κ2) is 5.23. The molecule has 1 unspecified atom stereocenters. The molecule has 1 aromatic carbocycles. The van der Waals surface area contributed by atoms with E-state index in [4.69, 9.17) is 4.74 Å². The van der Waals surface area contributed by atoms with Crippen LogP contribution in [0, 0.1) is 0 Å². The van der Waals surface area contributed by atoms with Crippen LogP contribution in [0.2, 0.25) is 0 Å². The lowest BCUT2D eigenvalue weighted by molar-refractivity contribution is 0.186. The summed E-state index contributed by atoms with van der Waals surface area (Å²) in [5.41, 5.74) is 2.54. The Morgan fingerprint density at radius 1 is 1.26 bits per heavy atom. The number of aromatic nitrogens is 1. The number of rotatable bonds is 3. The van der Waals surface area contributed by atoms with Gasteiger partial charge in [-0.2, -0.15) is 0 Å². The Balaban J connectivity index is 1.94. The van der Waals surface area contributed by atoms with E-state index in [0.717, 1.165) is 31.9 Å². The molecule has 1 aliphatic heterocycles. The van der Waals surface area contributed by atoms with Gasteiger partial charge in [0.15, 0.2) is 0 Å². The summed E-state index contributed by atoms with van der Waals surface area (Å²) in [5, 5.41) is 4.67. The minimum absolute atomic E-state index is 0.433. The lowest BCUT2D eigenvalue weighted by Crippen LogP contribution is -2.44. The highest BCUT2D eigenvalue weighted by molar-refractivity contribution is 5.85. The van der Waals surface area contributed by atoms with E-state index in [1.54, 1.807) is 7.11 Å². The molecule has 2 heterocycles. The molecular weight excluding hydrogens is 238 g/mol. The van der Waals surface area contributed by atoms with Gasteiger partial charge in [-0.1, -0.05) is 0 Å². The van der Waals surface area contributed by atoms with Crippen molar-refractivity contribution in [1.29, 1.82) is 0 Å². The Kier molecular flexibility index (Phi) is 3.44. The maximum atomic E-state index is 5.33. The summed E-state index contributed by atoms with van der Waals surface area (Å²) < 4.78 is 5.33.